The van der Waals surface area contributed by atoms with Gasteiger partial charge in [-0.3, -0.25) is 4.79 Å². The Kier molecular flexibility index (Phi) is 4.01. The van der Waals surface area contributed by atoms with Crippen LogP contribution >= 0.6 is 0 Å². The molecule has 0 atom stereocenters. The number of rotatable bonds is 3. The molecule has 1 amide bonds. The first-order valence-electron chi connectivity index (χ1n) is 9.44. The first kappa shape index (κ1) is 16.8. The van der Waals surface area contributed by atoms with Crippen LogP contribution in [0.1, 0.15) is 22.7 Å². The van der Waals surface area contributed by atoms with Crippen LogP contribution in [-0.2, 0) is 4.79 Å². The van der Waals surface area contributed by atoms with Crippen molar-refractivity contribution < 1.29 is 14.3 Å². The van der Waals surface area contributed by atoms with E-state index in [1.54, 1.807) is 0 Å². The fourth-order valence-electron chi connectivity index (χ4n) is 3.81. The molecule has 0 radical (unpaired) electrons. The number of ether oxygens (including phenoxy) is 2. The monoisotopic (exact) mass is 372 g/mol. The molecule has 0 N–H and O–H groups in total. The molecule has 140 valence electrons. The molecule has 0 aliphatic carbocycles. The van der Waals surface area contributed by atoms with E-state index >= 15 is 0 Å². The molecule has 0 spiro atoms. The van der Waals surface area contributed by atoms with Gasteiger partial charge in [0.25, 0.3) is 0 Å². The summed E-state index contributed by atoms with van der Waals surface area (Å²) in [4.78, 5) is 19.6. The first-order chi connectivity index (χ1) is 13.7. The summed E-state index contributed by atoms with van der Waals surface area (Å²) in [5, 5.41) is 0. The number of hydrogen-bond acceptors (Lipinski definition) is 4. The van der Waals surface area contributed by atoms with E-state index in [2.05, 4.69) is 4.98 Å². The smallest absolute Gasteiger partial charge is 0.235 e. The number of pyridine rings is 1. The van der Waals surface area contributed by atoms with Crippen molar-refractivity contribution in [1.29, 1.82) is 0 Å². The zero-order valence-electron chi connectivity index (χ0n) is 15.5. The topological polar surface area (TPSA) is 51.7 Å². The molecule has 5 nitrogen and oxygen atoms in total. The minimum Gasteiger partial charge on any atom is -0.471 e. The van der Waals surface area contributed by atoms with Crippen LogP contribution in [0.15, 0.2) is 66.7 Å². The molecule has 0 saturated carbocycles. The Balaban J connectivity index is 1.35. The molecule has 5 rings (SSSR count). The lowest BCUT2D eigenvalue weighted by Gasteiger charge is -2.41. The van der Waals surface area contributed by atoms with Crippen LogP contribution in [-0.4, -0.2) is 35.0 Å². The van der Waals surface area contributed by atoms with E-state index in [9.17, 15) is 4.79 Å². The number of carbonyl (C=O) groups is 1. The standard InChI is InChI=1S/C23H20N2O3/c1-15-7-6-12-21(24-15)27-16-13-25(14-16)23(26)22-17-8-2-4-10-19(17)28-20-11-5-3-9-18(20)22/h2-12,16,22H,13-14H2,1H3. The van der Waals surface area contributed by atoms with Gasteiger partial charge in [-0.1, -0.05) is 42.5 Å². The predicted octanol–water partition coefficient (Wildman–Crippen LogP) is 3.92. The highest BCUT2D eigenvalue weighted by Gasteiger charge is 2.40. The summed E-state index contributed by atoms with van der Waals surface area (Å²) < 4.78 is 11.9. The molecule has 1 fully saturated rings. The summed E-state index contributed by atoms with van der Waals surface area (Å²) in [6, 6.07) is 21.2. The van der Waals surface area contributed by atoms with Crippen LogP contribution in [0.25, 0.3) is 0 Å². The van der Waals surface area contributed by atoms with Crippen LogP contribution in [0.5, 0.6) is 17.4 Å². The Morgan fingerprint density at radius 2 is 1.61 bits per heavy atom. The number of aromatic nitrogens is 1. The lowest BCUT2D eigenvalue weighted by atomic mass is 9.86. The van der Waals surface area contributed by atoms with Gasteiger partial charge in [0.15, 0.2) is 0 Å². The van der Waals surface area contributed by atoms with Crippen molar-refractivity contribution in [3.05, 3.63) is 83.6 Å². The second-order valence-electron chi connectivity index (χ2n) is 7.21. The van der Waals surface area contributed by atoms with E-state index in [0.29, 0.717) is 19.0 Å². The van der Waals surface area contributed by atoms with Gasteiger partial charge in [0.05, 0.1) is 19.0 Å². The van der Waals surface area contributed by atoms with E-state index < -0.39 is 0 Å². The van der Waals surface area contributed by atoms with Crippen LogP contribution in [0, 0.1) is 6.92 Å². The molecule has 2 aliphatic heterocycles. The van der Waals surface area contributed by atoms with E-state index in [4.69, 9.17) is 9.47 Å². The van der Waals surface area contributed by atoms with Gasteiger partial charge in [0.1, 0.15) is 17.6 Å². The van der Waals surface area contributed by atoms with E-state index in [0.717, 1.165) is 28.3 Å². The largest absolute Gasteiger partial charge is 0.471 e. The third-order valence-corrected chi connectivity index (χ3v) is 5.24. The van der Waals surface area contributed by atoms with Gasteiger partial charge in [-0.05, 0) is 25.1 Å². The molecule has 3 heterocycles. The molecule has 5 heteroatoms. The van der Waals surface area contributed by atoms with Crippen LogP contribution < -0.4 is 9.47 Å². The number of benzene rings is 2. The number of para-hydroxylation sites is 2. The summed E-state index contributed by atoms with van der Waals surface area (Å²) in [5.74, 6) is 1.84. The zero-order chi connectivity index (χ0) is 19.1. The Morgan fingerprint density at radius 3 is 2.25 bits per heavy atom. The fourth-order valence-corrected chi connectivity index (χ4v) is 3.81. The fraction of sp³-hybridized carbons (Fsp3) is 0.217. The Morgan fingerprint density at radius 1 is 0.964 bits per heavy atom. The average Bonchev–Trinajstić information content (AvgIpc) is 2.68. The molecule has 2 aromatic carbocycles. The molecular formula is C23H20N2O3. The zero-order valence-corrected chi connectivity index (χ0v) is 15.5. The van der Waals surface area contributed by atoms with Crippen LogP contribution in [0.3, 0.4) is 0 Å². The number of aryl methyl sites for hydroxylation is 1. The van der Waals surface area contributed by atoms with Gasteiger partial charge in [0.2, 0.25) is 11.8 Å². The van der Waals surface area contributed by atoms with Gasteiger partial charge >= 0.3 is 0 Å². The molecule has 1 aromatic heterocycles. The Labute approximate surface area is 163 Å². The van der Waals surface area contributed by atoms with E-state index in [1.165, 1.54) is 0 Å². The Bertz CT molecular complexity index is 998. The van der Waals surface area contributed by atoms with Crippen molar-refractivity contribution in [1.82, 2.24) is 9.88 Å². The van der Waals surface area contributed by atoms with Crippen molar-refractivity contribution in [2.75, 3.05) is 13.1 Å². The van der Waals surface area contributed by atoms with E-state index in [-0.39, 0.29) is 17.9 Å². The maximum absolute atomic E-state index is 13.4. The summed E-state index contributed by atoms with van der Waals surface area (Å²) in [6.45, 7) is 3.07. The third-order valence-electron chi connectivity index (χ3n) is 5.24. The first-order valence-corrected chi connectivity index (χ1v) is 9.44. The van der Waals surface area contributed by atoms with Crippen molar-refractivity contribution in [3.63, 3.8) is 0 Å². The highest BCUT2D eigenvalue weighted by Crippen LogP contribution is 2.45. The summed E-state index contributed by atoms with van der Waals surface area (Å²) in [5.41, 5.74) is 2.74. The highest BCUT2D eigenvalue weighted by molar-refractivity contribution is 5.90. The molecule has 2 aliphatic rings. The van der Waals surface area contributed by atoms with Crippen LogP contribution in [0.4, 0.5) is 0 Å². The number of nitrogens with zero attached hydrogens (tertiary/aromatic N) is 2. The predicted molar refractivity (Wildman–Crippen MR) is 105 cm³/mol. The van der Waals surface area contributed by atoms with Crippen molar-refractivity contribution in [3.8, 4) is 17.4 Å². The van der Waals surface area contributed by atoms with Crippen LogP contribution in [0.2, 0.25) is 0 Å². The van der Waals surface area contributed by atoms with Crippen molar-refractivity contribution >= 4 is 5.91 Å². The van der Waals surface area contributed by atoms with Gasteiger partial charge in [-0.2, -0.15) is 0 Å². The number of hydrogen-bond donors (Lipinski definition) is 0. The SMILES string of the molecule is Cc1cccc(OC2CN(C(=O)C3c4ccccc4Oc4ccccc43)C2)n1. The van der Waals surface area contributed by atoms with Crippen molar-refractivity contribution in [2.45, 2.75) is 18.9 Å². The van der Waals surface area contributed by atoms with E-state index in [1.807, 2.05) is 78.6 Å². The third kappa shape index (κ3) is 2.89. The Hall–Kier alpha value is -3.34. The minimum absolute atomic E-state index is 0.0245. The quantitative estimate of drug-likeness (QED) is 0.699. The summed E-state index contributed by atoms with van der Waals surface area (Å²) >= 11 is 0. The average molecular weight is 372 g/mol. The lowest BCUT2D eigenvalue weighted by Crippen LogP contribution is -2.57. The number of fused-ring (bicyclic) bond motifs is 2. The van der Waals surface area contributed by atoms with Gasteiger partial charge in [-0.15, -0.1) is 0 Å². The molecule has 28 heavy (non-hydrogen) atoms. The summed E-state index contributed by atoms with van der Waals surface area (Å²) in [6.07, 6.45) is -0.0245. The number of likely N-dealkylation sites (tertiary alicyclic amines) is 1. The van der Waals surface area contributed by atoms with Gasteiger partial charge in [0, 0.05) is 22.9 Å². The minimum atomic E-state index is -0.348. The second-order valence-corrected chi connectivity index (χ2v) is 7.21. The normalized spacial score (nSPS) is 15.8. The maximum Gasteiger partial charge on any atom is 0.235 e. The molecule has 0 unspecified atom stereocenters. The second kappa shape index (κ2) is 6.68. The van der Waals surface area contributed by atoms with Crippen molar-refractivity contribution in [2.24, 2.45) is 0 Å². The molecular weight excluding hydrogens is 352 g/mol. The lowest BCUT2D eigenvalue weighted by molar-refractivity contribution is -0.141. The molecule has 1 saturated heterocycles. The number of carbonyl (C=O) groups excluding carboxylic acids is 1. The maximum atomic E-state index is 13.4. The number of amides is 1. The van der Waals surface area contributed by atoms with Gasteiger partial charge in [-0.25, -0.2) is 4.98 Å². The highest BCUT2D eigenvalue weighted by atomic mass is 16.5. The summed E-state index contributed by atoms with van der Waals surface area (Å²) in [7, 11) is 0. The molecule has 3 aromatic rings. The van der Waals surface area contributed by atoms with Gasteiger partial charge < -0.3 is 14.4 Å². The molecule has 0 bridgehead atoms.